The predicted octanol–water partition coefficient (Wildman–Crippen LogP) is -5.94. The Hall–Kier alpha value is -2.51. The third-order valence-electron chi connectivity index (χ3n) is 9.46. The molecule has 25 nitrogen and oxygen atoms in total. The Morgan fingerprint density at radius 1 is 0.474 bits per heavy atom. The van der Waals surface area contributed by atoms with Crippen LogP contribution in [0.3, 0.4) is 0 Å². The summed E-state index contributed by atoms with van der Waals surface area (Å²) in [5.74, 6) is -3.80. The summed E-state index contributed by atoms with van der Waals surface area (Å²) >= 11 is 0. The number of hydrogen-bond acceptors (Lipinski definition) is 19. The van der Waals surface area contributed by atoms with E-state index in [0.717, 1.165) is 36.4 Å². The first-order chi connectivity index (χ1) is 32.2. The summed E-state index contributed by atoms with van der Waals surface area (Å²) in [5, 5.41) is 74.4. The molecule has 7 rings (SSSR count). The number of fused-ring (bicyclic) bond motifs is 2. The molecule has 0 aromatic heterocycles. The second-order valence-electron chi connectivity index (χ2n) is 14.1. The summed E-state index contributed by atoms with van der Waals surface area (Å²) in [7, 11) is -20.7. The molecule has 0 spiro atoms. The van der Waals surface area contributed by atoms with Gasteiger partial charge < -0.3 is 41.8 Å². The maximum Gasteiger partial charge on any atom is 1.00 e. The Kier molecular flexibility index (Phi) is 30.7. The molecule has 76 heavy (non-hydrogen) atoms. The summed E-state index contributed by atoms with van der Waals surface area (Å²) < 4.78 is 138. The van der Waals surface area contributed by atoms with Crippen molar-refractivity contribution < 1.29 is 240 Å². The normalized spacial score (nSPS) is 11.6. The molecule has 0 atom stereocenters. The second-order valence-corrected chi connectivity index (χ2v) is 19.6. The van der Waals surface area contributed by atoms with Crippen LogP contribution in [0.4, 0.5) is 28.4 Å². The Morgan fingerprint density at radius 2 is 0.868 bits per heavy atom. The number of aromatic hydroxyl groups is 4. The van der Waals surface area contributed by atoms with Crippen LogP contribution in [0.25, 0.3) is 32.7 Å². The van der Waals surface area contributed by atoms with Crippen molar-refractivity contribution in [3.05, 3.63) is 115 Å². The average molecular weight is 1260 g/mol. The third-order valence-corrected chi connectivity index (χ3v) is 13.0. The monoisotopic (exact) mass is 1260 g/mol. The maximum absolute atomic E-state index is 12.6. The van der Waals surface area contributed by atoms with Crippen molar-refractivity contribution in [2.75, 3.05) is 13.2 Å². The molecule has 0 unspecified atom stereocenters. The van der Waals surface area contributed by atoms with Gasteiger partial charge in [0.15, 0.2) is 11.5 Å². The van der Waals surface area contributed by atoms with E-state index in [4.69, 9.17) is 10.8 Å². The molecule has 0 bridgehead atoms. The number of rotatable bonds is 12. The van der Waals surface area contributed by atoms with E-state index >= 15 is 0 Å². The summed E-state index contributed by atoms with van der Waals surface area (Å²) in [4.78, 5) is -0.0229. The first-order valence-electron chi connectivity index (χ1n) is 18.9. The molecular weight excluding hydrogens is 1230 g/mol. The molecule has 0 saturated carbocycles. The Bertz CT molecular complexity index is 3800. The van der Waals surface area contributed by atoms with Crippen LogP contribution in [0.5, 0.6) is 23.0 Å². The van der Waals surface area contributed by atoms with Gasteiger partial charge in [-0.3, -0.25) is 18.2 Å². The first kappa shape index (κ1) is 75.6. The third kappa shape index (κ3) is 18.0. The van der Waals surface area contributed by atoms with Crippen LogP contribution >= 0.6 is 0 Å². The van der Waals surface area contributed by atoms with Crippen molar-refractivity contribution in [2.45, 2.75) is 19.6 Å². The van der Waals surface area contributed by atoms with E-state index in [1.165, 1.54) is 36.4 Å². The van der Waals surface area contributed by atoms with Gasteiger partial charge in [0.2, 0.25) is 5.90 Å². The van der Waals surface area contributed by atoms with Gasteiger partial charge in [0.25, 0.3) is 40.5 Å². The van der Waals surface area contributed by atoms with Crippen molar-refractivity contribution in [3.63, 3.8) is 0 Å². The van der Waals surface area contributed by atoms with Crippen LogP contribution in [-0.4, -0.2) is 107 Å². The number of aliphatic hydroxyl groups is 2. The van der Waals surface area contributed by atoms with Crippen LogP contribution in [0, 0.1) is 0 Å². The molecule has 0 saturated heterocycles. The zero-order valence-corrected chi connectivity index (χ0v) is 52.7. The van der Waals surface area contributed by atoms with Crippen molar-refractivity contribution in [1.29, 1.82) is 0 Å². The molecule has 390 valence electrons. The van der Waals surface area contributed by atoms with Crippen LogP contribution < -0.4 is 124 Å². The minimum atomic E-state index is -5.30. The van der Waals surface area contributed by atoms with Gasteiger partial charge in [0.05, 0.1) is 12.3 Å². The van der Waals surface area contributed by atoms with Gasteiger partial charge in [0.1, 0.15) is 53.8 Å². The van der Waals surface area contributed by atoms with E-state index in [1.54, 1.807) is 18.2 Å². The number of azo groups is 2. The fourth-order valence-electron chi connectivity index (χ4n) is 6.44. The number of phenolic OH excluding ortho intramolecular Hbond substituents is 4. The number of phenols is 4. The van der Waals surface area contributed by atoms with Crippen molar-refractivity contribution in [1.82, 2.24) is 0 Å². The van der Waals surface area contributed by atoms with Gasteiger partial charge in [-0.15, -0.1) is 20.5 Å². The fraction of sp³-hybridized carbons (Fsp3) is 0.0488. The van der Waals surface area contributed by atoms with Crippen molar-refractivity contribution in [3.8, 4) is 34.1 Å². The van der Waals surface area contributed by atoms with E-state index < -0.39 is 128 Å². The molecule has 0 amide bonds. The van der Waals surface area contributed by atoms with Crippen LogP contribution in [0.15, 0.2) is 154 Å². The minimum absolute atomic E-state index is 0. The zero-order chi connectivity index (χ0) is 50.8. The van der Waals surface area contributed by atoms with Gasteiger partial charge in [-0.05, 0) is 77.9 Å². The number of nitrogens with zero attached hydrogens (tertiary/aromatic N) is 5. The summed E-state index contributed by atoms with van der Waals surface area (Å²) in [6, 6.07) is 20.9. The number of aliphatic hydroxyl groups excluding tert-OH is 2. The van der Waals surface area contributed by atoms with Crippen LogP contribution in [0.1, 0.15) is 5.56 Å². The summed E-state index contributed by atoms with van der Waals surface area (Å²) in [6.07, 6.45) is 0. The molecule has 14 N–H and O–H groups in total. The largest absolute Gasteiger partial charge is 1.00 e. The first-order valence-corrected chi connectivity index (χ1v) is 24.7. The van der Waals surface area contributed by atoms with Crippen molar-refractivity contribution in [2.24, 2.45) is 31.2 Å². The smallest absolute Gasteiger partial charge is 0.506 e. The fourth-order valence-corrected chi connectivity index (χ4v) is 9.30. The Balaban J connectivity index is 0. The topological polar surface area (TPSA) is 458 Å². The summed E-state index contributed by atoms with van der Waals surface area (Å²) in [6.45, 7) is 0.472. The molecule has 2 radical (unpaired) electrons. The van der Waals surface area contributed by atoms with Gasteiger partial charge in [-0.2, -0.15) is 33.7 Å². The molecule has 7 aromatic carbocycles. The van der Waals surface area contributed by atoms with E-state index in [-0.39, 0.29) is 193 Å². The van der Waals surface area contributed by atoms with Gasteiger partial charge in [0, 0.05) is 67.8 Å². The van der Waals surface area contributed by atoms with E-state index in [1.807, 2.05) is 0 Å². The molecule has 0 aliphatic carbocycles. The zero-order valence-electron chi connectivity index (χ0n) is 39.6. The van der Waals surface area contributed by atoms with Crippen LogP contribution in [-0.2, 0) is 74.6 Å². The van der Waals surface area contributed by atoms with Crippen molar-refractivity contribution >= 4 is 96.4 Å². The number of aliphatic imine (C=N–C) groups is 1. The number of hydrogen-bond donors (Lipinski definition) is 11. The summed E-state index contributed by atoms with van der Waals surface area (Å²) in [5.41, 5.74) is 2.93. The molecule has 0 aliphatic heterocycles. The predicted molar refractivity (Wildman–Crippen MR) is 249 cm³/mol. The second kappa shape index (κ2) is 30.9. The van der Waals surface area contributed by atoms with Gasteiger partial charge >= 0.3 is 118 Å². The number of benzene rings is 7. The molecule has 0 aliphatic rings. The van der Waals surface area contributed by atoms with Crippen LogP contribution in [0.2, 0.25) is 0 Å². The Labute approximate surface area is 542 Å². The molecule has 35 heteroatoms. The van der Waals surface area contributed by atoms with E-state index in [0.29, 0.717) is 24.7 Å². The number of nitrogens with two attached hydrogens (primary N) is 1. The maximum atomic E-state index is 12.6. The van der Waals surface area contributed by atoms with E-state index in [2.05, 4.69) is 25.4 Å². The SMILES string of the molecule is NCCO.O.O=S(=O)(O)c1cc(N=Nc2ccc(-c3ccc(N=Nc4cc(S(=O)(=O)O)c5cc(N=C(O)c6ccccc6)cc(S(=O)(=O)O)c5c4O)c(O)c3)cc2O)c(O)c2c(S(=O)(=O)O)cccc12.[Cu].[Cu].[Na+].[Na+].[Na+].[Na+]. The molecule has 0 fully saturated rings. The average Bonchev–Trinajstić information content (AvgIpc) is 3.27. The molecular formula is C41H36Cu2N6Na4O19S4+4. The quantitative estimate of drug-likeness (QED) is 0.0178. The molecule has 0 heterocycles. The Morgan fingerprint density at radius 3 is 1.26 bits per heavy atom. The molecule has 7 aromatic rings. The van der Waals surface area contributed by atoms with Gasteiger partial charge in [-0.1, -0.05) is 42.5 Å². The standard InChI is InChI=1S/C39H27N5O17S4.C2H7NO.2Cu.4Na.H2O/c45-29-13-20(9-11-25(29)41-43-27-17-32(63(53,54)55)23-7-4-8-31(62(50,51)52)35(23)37(27)47)21-10-12-26(30(46)14-21)42-44-28-18-33(64(56,57)58)24-15-22(40-39(49)19-5-2-1-3-6-19)16-34(65(59,60)61)36(24)38(28)48;3-1-2-4;;;;;;;/h1-18,45-48H,(H,40,49)(H,50,51,52)(H,53,54,55)(H,56,57,58)(H,59,60,61);4H,1-3H2;;;;;;;1H2/q;;;;4*+1;. The van der Waals surface area contributed by atoms with E-state index in [9.17, 15) is 77.4 Å². The minimum Gasteiger partial charge on any atom is -0.506 e. The van der Waals surface area contributed by atoms with Gasteiger partial charge in [-0.25, -0.2) is 4.99 Å².